The standard InChI is InChI=1S/C16H20F2N2O3/c1-11(22)20-6-2-5-16(20,10-21)8-15(23)19-9-12-3-4-13(17)7-14(12)18/h3-4,7,21H,2,5-6,8-10H2,1H3,(H,19,23). The first kappa shape index (κ1) is 17.3. The SMILES string of the molecule is CC(=O)N1CCCC1(CO)CC(=O)NCc1ccc(F)cc1F. The number of amides is 2. The molecule has 0 aliphatic carbocycles. The van der Waals surface area contributed by atoms with E-state index in [0.717, 1.165) is 18.6 Å². The molecule has 2 rings (SSSR count). The summed E-state index contributed by atoms with van der Waals surface area (Å²) >= 11 is 0. The molecule has 0 bridgehead atoms. The van der Waals surface area contributed by atoms with E-state index in [9.17, 15) is 23.5 Å². The Morgan fingerprint density at radius 3 is 2.74 bits per heavy atom. The molecule has 1 aliphatic rings. The molecule has 1 aromatic rings. The monoisotopic (exact) mass is 326 g/mol. The van der Waals surface area contributed by atoms with Crippen LogP contribution in [0.3, 0.4) is 0 Å². The van der Waals surface area contributed by atoms with Crippen molar-refractivity contribution >= 4 is 11.8 Å². The first-order chi connectivity index (χ1) is 10.9. The Kier molecular flexibility index (Phi) is 5.30. The van der Waals surface area contributed by atoms with Crippen molar-refractivity contribution in [2.24, 2.45) is 0 Å². The number of hydrogen-bond acceptors (Lipinski definition) is 3. The molecule has 0 spiro atoms. The van der Waals surface area contributed by atoms with Crippen molar-refractivity contribution in [1.82, 2.24) is 10.2 Å². The van der Waals surface area contributed by atoms with Crippen LogP contribution in [-0.2, 0) is 16.1 Å². The molecular formula is C16H20F2N2O3. The maximum Gasteiger partial charge on any atom is 0.222 e. The number of benzene rings is 1. The van der Waals surface area contributed by atoms with E-state index in [1.807, 2.05) is 0 Å². The van der Waals surface area contributed by atoms with Gasteiger partial charge in [0, 0.05) is 31.6 Å². The van der Waals surface area contributed by atoms with Crippen molar-refractivity contribution in [2.75, 3.05) is 13.2 Å². The highest BCUT2D eigenvalue weighted by atomic mass is 19.1. The molecule has 2 amide bonds. The molecule has 126 valence electrons. The number of carbonyl (C=O) groups is 2. The van der Waals surface area contributed by atoms with Crippen LogP contribution in [0.1, 0.15) is 31.7 Å². The number of halogens is 2. The van der Waals surface area contributed by atoms with Crippen molar-refractivity contribution in [2.45, 2.75) is 38.3 Å². The molecular weight excluding hydrogens is 306 g/mol. The van der Waals surface area contributed by atoms with E-state index in [0.29, 0.717) is 13.0 Å². The lowest BCUT2D eigenvalue weighted by Gasteiger charge is -2.36. The van der Waals surface area contributed by atoms with Gasteiger partial charge >= 0.3 is 0 Å². The third-order valence-electron chi connectivity index (χ3n) is 4.25. The molecule has 1 aliphatic heterocycles. The molecule has 2 N–H and O–H groups in total. The van der Waals surface area contributed by atoms with Crippen LogP contribution >= 0.6 is 0 Å². The van der Waals surface area contributed by atoms with Gasteiger partial charge in [-0.3, -0.25) is 9.59 Å². The summed E-state index contributed by atoms with van der Waals surface area (Å²) in [7, 11) is 0. The first-order valence-electron chi connectivity index (χ1n) is 7.48. The van der Waals surface area contributed by atoms with E-state index in [4.69, 9.17) is 0 Å². The third-order valence-corrected chi connectivity index (χ3v) is 4.25. The zero-order valence-electron chi connectivity index (χ0n) is 12.9. The minimum absolute atomic E-state index is 0.0497. The van der Waals surface area contributed by atoms with Crippen LogP contribution in [0.5, 0.6) is 0 Å². The van der Waals surface area contributed by atoms with Gasteiger partial charge in [0.25, 0.3) is 0 Å². The van der Waals surface area contributed by atoms with Crippen molar-refractivity contribution in [3.05, 3.63) is 35.4 Å². The minimum atomic E-state index is -0.892. The third kappa shape index (κ3) is 3.85. The van der Waals surface area contributed by atoms with Gasteiger partial charge in [0.1, 0.15) is 11.6 Å². The molecule has 0 radical (unpaired) electrons. The Bertz CT molecular complexity index is 609. The van der Waals surface area contributed by atoms with Gasteiger partial charge in [-0.15, -0.1) is 0 Å². The lowest BCUT2D eigenvalue weighted by molar-refractivity contribution is -0.137. The summed E-state index contributed by atoms with van der Waals surface area (Å²) in [5, 5.41) is 12.2. The average Bonchev–Trinajstić information content (AvgIpc) is 2.90. The Hall–Kier alpha value is -2.02. The van der Waals surface area contributed by atoms with Gasteiger partial charge in [0.2, 0.25) is 11.8 Å². The second-order valence-electron chi connectivity index (χ2n) is 5.85. The summed E-state index contributed by atoms with van der Waals surface area (Å²) in [6, 6.07) is 3.14. The van der Waals surface area contributed by atoms with Crippen molar-refractivity contribution in [3.63, 3.8) is 0 Å². The Labute approximate surface area is 133 Å². The summed E-state index contributed by atoms with van der Waals surface area (Å²) in [5.41, 5.74) is -0.718. The van der Waals surface area contributed by atoms with Gasteiger partial charge in [-0.2, -0.15) is 0 Å². The summed E-state index contributed by atoms with van der Waals surface area (Å²) in [5.74, 6) is -1.99. The number of aliphatic hydroxyl groups excluding tert-OH is 1. The second kappa shape index (κ2) is 7.04. The fraction of sp³-hybridized carbons (Fsp3) is 0.500. The lowest BCUT2D eigenvalue weighted by atomic mass is 9.92. The number of carbonyl (C=O) groups excluding carboxylic acids is 2. The quantitative estimate of drug-likeness (QED) is 0.858. The molecule has 5 nitrogen and oxygen atoms in total. The minimum Gasteiger partial charge on any atom is -0.394 e. The normalized spacial score (nSPS) is 20.6. The number of nitrogens with zero attached hydrogens (tertiary/aromatic N) is 1. The predicted molar refractivity (Wildman–Crippen MR) is 79.3 cm³/mol. The van der Waals surface area contributed by atoms with Crippen molar-refractivity contribution < 1.29 is 23.5 Å². The highest BCUT2D eigenvalue weighted by Gasteiger charge is 2.43. The van der Waals surface area contributed by atoms with E-state index in [1.54, 1.807) is 0 Å². The molecule has 1 saturated heterocycles. The maximum atomic E-state index is 13.5. The first-order valence-corrected chi connectivity index (χ1v) is 7.48. The molecule has 1 aromatic carbocycles. The largest absolute Gasteiger partial charge is 0.394 e. The van der Waals surface area contributed by atoms with E-state index in [-0.39, 0.29) is 31.0 Å². The number of nitrogens with one attached hydrogen (secondary N) is 1. The maximum absolute atomic E-state index is 13.5. The Morgan fingerprint density at radius 2 is 2.13 bits per heavy atom. The van der Waals surface area contributed by atoms with Crippen molar-refractivity contribution in [1.29, 1.82) is 0 Å². The van der Waals surface area contributed by atoms with Crippen LogP contribution in [0.2, 0.25) is 0 Å². The zero-order chi connectivity index (χ0) is 17.0. The smallest absolute Gasteiger partial charge is 0.222 e. The van der Waals surface area contributed by atoms with Crippen LogP contribution < -0.4 is 5.32 Å². The second-order valence-corrected chi connectivity index (χ2v) is 5.85. The van der Waals surface area contributed by atoms with Crippen LogP contribution in [0.25, 0.3) is 0 Å². The van der Waals surface area contributed by atoms with Crippen LogP contribution in [0.4, 0.5) is 8.78 Å². The van der Waals surface area contributed by atoms with Gasteiger partial charge < -0.3 is 15.3 Å². The molecule has 1 fully saturated rings. The molecule has 7 heteroatoms. The van der Waals surface area contributed by atoms with Crippen LogP contribution in [0.15, 0.2) is 18.2 Å². The molecule has 0 aromatic heterocycles. The summed E-state index contributed by atoms with van der Waals surface area (Å²) in [4.78, 5) is 25.3. The molecule has 23 heavy (non-hydrogen) atoms. The van der Waals surface area contributed by atoms with E-state index in [2.05, 4.69) is 5.32 Å². The average molecular weight is 326 g/mol. The van der Waals surface area contributed by atoms with Crippen LogP contribution in [-0.4, -0.2) is 40.5 Å². The fourth-order valence-electron chi connectivity index (χ4n) is 3.05. The highest BCUT2D eigenvalue weighted by Crippen LogP contribution is 2.32. The molecule has 1 atom stereocenters. The lowest BCUT2D eigenvalue weighted by Crippen LogP contribution is -2.51. The number of rotatable bonds is 5. The van der Waals surface area contributed by atoms with Crippen molar-refractivity contribution in [3.8, 4) is 0 Å². The summed E-state index contributed by atoms with van der Waals surface area (Å²) in [6.45, 7) is 1.54. The van der Waals surface area contributed by atoms with Crippen LogP contribution in [0, 0.1) is 11.6 Å². The van der Waals surface area contributed by atoms with Gasteiger partial charge in [-0.25, -0.2) is 8.78 Å². The van der Waals surface area contributed by atoms with E-state index in [1.165, 1.54) is 17.9 Å². The number of hydrogen-bond donors (Lipinski definition) is 2. The van der Waals surface area contributed by atoms with Gasteiger partial charge in [0.15, 0.2) is 0 Å². The summed E-state index contributed by atoms with van der Waals surface area (Å²) in [6.07, 6.45) is 1.22. The predicted octanol–water partition coefficient (Wildman–Crippen LogP) is 1.34. The fourth-order valence-corrected chi connectivity index (χ4v) is 3.05. The molecule has 1 unspecified atom stereocenters. The molecule has 1 heterocycles. The van der Waals surface area contributed by atoms with Gasteiger partial charge in [-0.05, 0) is 18.9 Å². The van der Waals surface area contributed by atoms with Gasteiger partial charge in [-0.1, -0.05) is 6.07 Å². The number of aliphatic hydroxyl groups is 1. The van der Waals surface area contributed by atoms with E-state index >= 15 is 0 Å². The highest BCUT2D eigenvalue weighted by molar-refractivity contribution is 5.80. The van der Waals surface area contributed by atoms with Gasteiger partial charge in [0.05, 0.1) is 18.6 Å². The van der Waals surface area contributed by atoms with E-state index < -0.39 is 23.1 Å². The molecule has 0 saturated carbocycles. The Balaban J connectivity index is 1.99. The topological polar surface area (TPSA) is 69.6 Å². The number of likely N-dealkylation sites (tertiary alicyclic amines) is 1. The Morgan fingerprint density at radius 1 is 1.39 bits per heavy atom. The summed E-state index contributed by atoms with van der Waals surface area (Å²) < 4.78 is 26.4. The zero-order valence-corrected chi connectivity index (χ0v) is 12.9.